The third-order valence-electron chi connectivity index (χ3n) is 2.96. The van der Waals surface area contributed by atoms with Crippen LogP contribution in [0.3, 0.4) is 0 Å². The summed E-state index contributed by atoms with van der Waals surface area (Å²) in [7, 11) is 0. The van der Waals surface area contributed by atoms with Crippen molar-refractivity contribution < 1.29 is 9.90 Å². The van der Waals surface area contributed by atoms with E-state index in [9.17, 15) is 4.79 Å². The molecule has 3 heteroatoms. The van der Waals surface area contributed by atoms with Crippen LogP contribution in [0.4, 0.5) is 0 Å². The van der Waals surface area contributed by atoms with Crippen LogP contribution in [0, 0.1) is 0 Å². The normalized spacial score (nSPS) is 22.8. The van der Waals surface area contributed by atoms with Crippen molar-refractivity contribution in [3.8, 4) is 0 Å². The Labute approximate surface area is 86.1 Å². The first-order valence-corrected chi connectivity index (χ1v) is 5.70. The molecule has 1 fully saturated rings. The number of carboxylic acids is 1. The van der Waals surface area contributed by atoms with Crippen LogP contribution in [0.2, 0.25) is 0 Å². The van der Waals surface area contributed by atoms with Crippen LogP contribution >= 0.6 is 0 Å². The monoisotopic (exact) mass is 199 g/mol. The lowest BCUT2D eigenvalue weighted by atomic mass is 10.1. The number of carboxylic acid groups (broad SMARTS) is 1. The molecule has 14 heavy (non-hydrogen) atoms. The van der Waals surface area contributed by atoms with Crippen LogP contribution in [0.5, 0.6) is 0 Å². The number of aliphatic carboxylic acids is 1. The molecule has 82 valence electrons. The Kier molecular flexibility index (Phi) is 4.94. The molecule has 1 unspecified atom stereocenters. The van der Waals surface area contributed by atoms with Gasteiger partial charge in [0.05, 0.1) is 6.42 Å². The van der Waals surface area contributed by atoms with Gasteiger partial charge >= 0.3 is 5.97 Å². The molecule has 1 atom stereocenters. The number of likely N-dealkylation sites (tertiary alicyclic amines) is 1. The maximum atomic E-state index is 10.6. The molecule has 0 radical (unpaired) electrons. The van der Waals surface area contributed by atoms with E-state index in [-0.39, 0.29) is 0 Å². The van der Waals surface area contributed by atoms with Crippen LogP contribution in [-0.4, -0.2) is 35.1 Å². The zero-order valence-electron chi connectivity index (χ0n) is 9.04. The van der Waals surface area contributed by atoms with Gasteiger partial charge in [0.1, 0.15) is 0 Å². The van der Waals surface area contributed by atoms with Crippen molar-refractivity contribution >= 4 is 5.97 Å². The van der Waals surface area contributed by atoms with E-state index < -0.39 is 5.97 Å². The van der Waals surface area contributed by atoms with E-state index in [1.54, 1.807) is 0 Å². The van der Waals surface area contributed by atoms with Gasteiger partial charge in [-0.25, -0.2) is 0 Å². The van der Waals surface area contributed by atoms with Crippen LogP contribution in [0.15, 0.2) is 0 Å². The van der Waals surface area contributed by atoms with Crippen LogP contribution in [0.1, 0.15) is 45.4 Å². The maximum Gasteiger partial charge on any atom is 0.304 e. The van der Waals surface area contributed by atoms with Crippen molar-refractivity contribution in [3.05, 3.63) is 0 Å². The third-order valence-corrected chi connectivity index (χ3v) is 2.96. The molecule has 0 aromatic heterocycles. The Morgan fingerprint density at radius 3 is 2.93 bits per heavy atom. The van der Waals surface area contributed by atoms with E-state index >= 15 is 0 Å². The number of hydrogen-bond acceptors (Lipinski definition) is 2. The highest BCUT2D eigenvalue weighted by atomic mass is 16.4. The average Bonchev–Trinajstić information content (AvgIpc) is 2.52. The number of hydrogen-bond donors (Lipinski definition) is 1. The number of rotatable bonds is 6. The Bertz CT molecular complexity index is 182. The summed E-state index contributed by atoms with van der Waals surface area (Å²) in [6, 6.07) is 0.310. The Morgan fingerprint density at radius 1 is 1.50 bits per heavy atom. The standard InChI is InChI=1S/C11H21NO2/c1-2-3-4-7-12-8-5-6-10(12)9-11(13)14/h10H,2-9H2,1H3,(H,13,14). The fourth-order valence-corrected chi connectivity index (χ4v) is 2.19. The number of unbranched alkanes of at least 4 members (excludes halogenated alkanes) is 2. The fraction of sp³-hybridized carbons (Fsp3) is 0.909. The highest BCUT2D eigenvalue weighted by Gasteiger charge is 2.25. The zero-order chi connectivity index (χ0) is 10.4. The molecule has 1 aliphatic rings. The summed E-state index contributed by atoms with van der Waals surface area (Å²) in [5.74, 6) is -0.655. The number of nitrogens with zero attached hydrogens (tertiary/aromatic N) is 1. The van der Waals surface area contributed by atoms with Crippen molar-refractivity contribution in [1.29, 1.82) is 0 Å². The summed E-state index contributed by atoms with van der Waals surface area (Å²) in [5.41, 5.74) is 0. The van der Waals surface area contributed by atoms with Crippen LogP contribution < -0.4 is 0 Å². The molecule has 0 spiro atoms. The van der Waals surface area contributed by atoms with Gasteiger partial charge in [0.2, 0.25) is 0 Å². The van der Waals surface area contributed by atoms with Gasteiger partial charge in [-0.1, -0.05) is 19.8 Å². The van der Waals surface area contributed by atoms with Gasteiger partial charge in [-0.05, 0) is 32.4 Å². The minimum atomic E-state index is -0.655. The van der Waals surface area contributed by atoms with Gasteiger partial charge in [0.25, 0.3) is 0 Å². The smallest absolute Gasteiger partial charge is 0.304 e. The molecule has 0 saturated carbocycles. The molecule has 0 bridgehead atoms. The average molecular weight is 199 g/mol. The highest BCUT2D eigenvalue weighted by Crippen LogP contribution is 2.20. The summed E-state index contributed by atoms with van der Waals surface area (Å²) >= 11 is 0. The minimum Gasteiger partial charge on any atom is -0.481 e. The molecular formula is C11H21NO2. The fourth-order valence-electron chi connectivity index (χ4n) is 2.19. The van der Waals surface area contributed by atoms with Gasteiger partial charge in [0, 0.05) is 6.04 Å². The van der Waals surface area contributed by atoms with Crippen molar-refractivity contribution in [2.24, 2.45) is 0 Å². The lowest BCUT2D eigenvalue weighted by molar-refractivity contribution is -0.138. The van der Waals surface area contributed by atoms with E-state index in [1.165, 1.54) is 25.7 Å². The number of carbonyl (C=O) groups is 1. The van der Waals surface area contributed by atoms with Gasteiger partial charge in [-0.3, -0.25) is 9.69 Å². The summed E-state index contributed by atoms with van der Waals surface area (Å²) in [6.07, 6.45) is 6.27. The van der Waals surface area contributed by atoms with E-state index in [2.05, 4.69) is 11.8 Å². The molecule has 1 rings (SSSR count). The van der Waals surface area contributed by atoms with E-state index in [4.69, 9.17) is 5.11 Å². The topological polar surface area (TPSA) is 40.5 Å². The summed E-state index contributed by atoms with van der Waals surface area (Å²) in [4.78, 5) is 13.0. The van der Waals surface area contributed by atoms with E-state index in [0.29, 0.717) is 12.5 Å². The second-order valence-electron chi connectivity index (χ2n) is 4.14. The Balaban J connectivity index is 2.24. The second kappa shape index (κ2) is 6.02. The molecule has 0 aromatic carbocycles. The van der Waals surface area contributed by atoms with Crippen LogP contribution in [-0.2, 0) is 4.79 Å². The van der Waals surface area contributed by atoms with Crippen molar-refractivity contribution in [1.82, 2.24) is 4.90 Å². The summed E-state index contributed by atoms with van der Waals surface area (Å²) in [6.45, 7) is 4.38. The van der Waals surface area contributed by atoms with E-state index in [1.807, 2.05) is 0 Å². The highest BCUT2D eigenvalue weighted by molar-refractivity contribution is 5.67. The Morgan fingerprint density at radius 2 is 2.29 bits per heavy atom. The van der Waals surface area contributed by atoms with Crippen molar-refractivity contribution in [2.45, 2.75) is 51.5 Å². The lowest BCUT2D eigenvalue weighted by Gasteiger charge is -2.22. The molecule has 1 saturated heterocycles. The summed E-state index contributed by atoms with van der Waals surface area (Å²) in [5, 5.41) is 8.74. The van der Waals surface area contributed by atoms with Gasteiger partial charge in [-0.2, -0.15) is 0 Å². The molecule has 1 aliphatic heterocycles. The van der Waals surface area contributed by atoms with Gasteiger partial charge in [-0.15, -0.1) is 0 Å². The van der Waals surface area contributed by atoms with Crippen LogP contribution in [0.25, 0.3) is 0 Å². The molecule has 0 amide bonds. The first kappa shape index (κ1) is 11.5. The maximum absolute atomic E-state index is 10.6. The van der Waals surface area contributed by atoms with Gasteiger partial charge < -0.3 is 5.11 Å². The molecule has 1 N–H and O–H groups in total. The first-order chi connectivity index (χ1) is 6.74. The lowest BCUT2D eigenvalue weighted by Crippen LogP contribution is -2.32. The van der Waals surface area contributed by atoms with Crippen molar-refractivity contribution in [2.75, 3.05) is 13.1 Å². The predicted molar refractivity (Wildman–Crippen MR) is 56.4 cm³/mol. The molecular weight excluding hydrogens is 178 g/mol. The zero-order valence-corrected chi connectivity index (χ0v) is 9.04. The molecule has 0 aliphatic carbocycles. The largest absolute Gasteiger partial charge is 0.481 e. The molecule has 3 nitrogen and oxygen atoms in total. The second-order valence-corrected chi connectivity index (χ2v) is 4.14. The minimum absolute atomic E-state index is 0.310. The predicted octanol–water partition coefficient (Wildman–Crippen LogP) is 2.12. The van der Waals surface area contributed by atoms with E-state index in [0.717, 1.165) is 19.5 Å². The van der Waals surface area contributed by atoms with Crippen molar-refractivity contribution in [3.63, 3.8) is 0 Å². The summed E-state index contributed by atoms with van der Waals surface area (Å²) < 4.78 is 0. The Hall–Kier alpha value is -0.570. The third kappa shape index (κ3) is 3.66. The first-order valence-electron chi connectivity index (χ1n) is 5.70. The molecule has 1 heterocycles. The quantitative estimate of drug-likeness (QED) is 0.666. The molecule has 0 aromatic rings. The van der Waals surface area contributed by atoms with Gasteiger partial charge in [0.15, 0.2) is 0 Å². The SMILES string of the molecule is CCCCCN1CCCC1CC(=O)O.